The molecule has 0 atom stereocenters. The Bertz CT molecular complexity index is 746. The van der Waals surface area contributed by atoms with Crippen LogP contribution in [0.4, 0.5) is 5.69 Å². The lowest BCUT2D eigenvalue weighted by molar-refractivity contribution is 0.0955. The SMILES string of the molecule is I.NC(=NCCNC(=O)c1ccccc1)Nc1ccc2c(c1)CCC2. The highest BCUT2D eigenvalue weighted by Crippen LogP contribution is 2.24. The van der Waals surface area contributed by atoms with E-state index >= 15 is 0 Å². The van der Waals surface area contributed by atoms with E-state index in [2.05, 4.69) is 27.8 Å². The number of nitrogens with one attached hydrogen (secondary N) is 2. The van der Waals surface area contributed by atoms with Crippen LogP contribution in [0.1, 0.15) is 27.9 Å². The van der Waals surface area contributed by atoms with E-state index < -0.39 is 0 Å². The molecule has 5 nitrogen and oxygen atoms in total. The number of hydrogen-bond donors (Lipinski definition) is 3. The molecule has 1 amide bonds. The van der Waals surface area contributed by atoms with Gasteiger partial charge in [0.05, 0.1) is 6.54 Å². The fraction of sp³-hybridized carbons (Fsp3) is 0.263. The maximum Gasteiger partial charge on any atom is 0.251 e. The number of anilines is 1. The molecule has 0 aliphatic heterocycles. The van der Waals surface area contributed by atoms with Gasteiger partial charge in [-0.2, -0.15) is 0 Å². The summed E-state index contributed by atoms with van der Waals surface area (Å²) in [5.41, 5.74) is 10.3. The summed E-state index contributed by atoms with van der Waals surface area (Å²) in [4.78, 5) is 16.1. The largest absolute Gasteiger partial charge is 0.370 e. The van der Waals surface area contributed by atoms with Gasteiger partial charge in [-0.25, -0.2) is 0 Å². The monoisotopic (exact) mass is 450 g/mol. The molecule has 0 heterocycles. The molecule has 2 aromatic rings. The summed E-state index contributed by atoms with van der Waals surface area (Å²) in [6, 6.07) is 15.4. The molecule has 25 heavy (non-hydrogen) atoms. The molecule has 1 aliphatic rings. The molecule has 0 saturated carbocycles. The summed E-state index contributed by atoms with van der Waals surface area (Å²) in [5, 5.41) is 5.93. The first kappa shape index (κ1) is 19.2. The van der Waals surface area contributed by atoms with Crippen molar-refractivity contribution in [1.82, 2.24) is 5.32 Å². The highest BCUT2D eigenvalue weighted by atomic mass is 127. The van der Waals surface area contributed by atoms with Crippen LogP contribution in [-0.4, -0.2) is 25.0 Å². The highest BCUT2D eigenvalue weighted by Gasteiger charge is 2.10. The third-order valence-corrected chi connectivity index (χ3v) is 4.09. The molecule has 0 spiro atoms. The Morgan fingerprint density at radius 1 is 1.08 bits per heavy atom. The quantitative estimate of drug-likeness (QED) is 0.284. The number of nitrogens with two attached hydrogens (primary N) is 1. The number of guanidine groups is 1. The number of hydrogen-bond acceptors (Lipinski definition) is 2. The summed E-state index contributed by atoms with van der Waals surface area (Å²) in [5.74, 6) is 0.262. The fourth-order valence-corrected chi connectivity index (χ4v) is 2.87. The van der Waals surface area contributed by atoms with E-state index in [1.165, 1.54) is 24.0 Å². The number of nitrogens with zero attached hydrogens (tertiary/aromatic N) is 1. The average Bonchev–Trinajstić information content (AvgIpc) is 3.07. The Morgan fingerprint density at radius 3 is 2.64 bits per heavy atom. The van der Waals surface area contributed by atoms with Crippen LogP contribution in [0, 0.1) is 0 Å². The molecule has 0 bridgehead atoms. The molecule has 3 rings (SSSR count). The second kappa shape index (κ2) is 9.41. The van der Waals surface area contributed by atoms with Crippen molar-refractivity contribution in [3.8, 4) is 0 Å². The molecular weight excluding hydrogens is 427 g/mol. The van der Waals surface area contributed by atoms with Gasteiger partial charge < -0.3 is 16.4 Å². The van der Waals surface area contributed by atoms with E-state index in [9.17, 15) is 4.79 Å². The normalized spacial score (nSPS) is 12.9. The van der Waals surface area contributed by atoms with E-state index in [0.717, 1.165) is 12.1 Å². The van der Waals surface area contributed by atoms with Crippen molar-refractivity contribution >= 4 is 41.5 Å². The first-order valence-electron chi connectivity index (χ1n) is 8.24. The van der Waals surface area contributed by atoms with Crippen LogP contribution in [0.15, 0.2) is 53.5 Å². The molecule has 6 heteroatoms. The maximum absolute atomic E-state index is 11.9. The van der Waals surface area contributed by atoms with Gasteiger partial charge in [0.15, 0.2) is 5.96 Å². The maximum atomic E-state index is 11.9. The van der Waals surface area contributed by atoms with Crippen LogP contribution in [0.3, 0.4) is 0 Å². The lowest BCUT2D eigenvalue weighted by Gasteiger charge is -2.08. The van der Waals surface area contributed by atoms with Crippen LogP contribution in [-0.2, 0) is 12.8 Å². The molecule has 0 unspecified atom stereocenters. The van der Waals surface area contributed by atoms with Crippen LogP contribution in [0.2, 0.25) is 0 Å². The molecule has 132 valence electrons. The van der Waals surface area contributed by atoms with Gasteiger partial charge >= 0.3 is 0 Å². The Labute approximate surface area is 165 Å². The minimum Gasteiger partial charge on any atom is -0.370 e. The van der Waals surface area contributed by atoms with Crippen LogP contribution < -0.4 is 16.4 Å². The molecule has 1 aliphatic carbocycles. The Hall–Kier alpha value is -2.09. The average molecular weight is 450 g/mol. The number of rotatable bonds is 5. The van der Waals surface area contributed by atoms with Crippen LogP contribution in [0.5, 0.6) is 0 Å². The predicted octanol–water partition coefficient (Wildman–Crippen LogP) is 2.95. The van der Waals surface area contributed by atoms with Crippen molar-refractivity contribution in [2.24, 2.45) is 10.7 Å². The third kappa shape index (κ3) is 5.45. The second-order valence-corrected chi connectivity index (χ2v) is 5.85. The van der Waals surface area contributed by atoms with Gasteiger partial charge in [0.2, 0.25) is 0 Å². The minimum atomic E-state index is -0.101. The minimum absolute atomic E-state index is 0. The summed E-state index contributed by atoms with van der Waals surface area (Å²) < 4.78 is 0. The second-order valence-electron chi connectivity index (χ2n) is 5.85. The van der Waals surface area contributed by atoms with E-state index in [1.54, 1.807) is 12.1 Å². The molecule has 0 radical (unpaired) electrons. The van der Waals surface area contributed by atoms with Crippen molar-refractivity contribution in [2.45, 2.75) is 19.3 Å². The van der Waals surface area contributed by atoms with Gasteiger partial charge in [0.1, 0.15) is 0 Å². The number of aryl methyl sites for hydroxylation is 2. The lowest BCUT2D eigenvalue weighted by atomic mass is 10.1. The third-order valence-electron chi connectivity index (χ3n) is 4.09. The number of benzene rings is 2. The first-order chi connectivity index (χ1) is 11.7. The molecule has 0 aromatic heterocycles. The summed E-state index contributed by atoms with van der Waals surface area (Å²) in [6.45, 7) is 0.878. The van der Waals surface area contributed by atoms with Crippen molar-refractivity contribution in [1.29, 1.82) is 0 Å². The summed E-state index contributed by atoms with van der Waals surface area (Å²) in [6.07, 6.45) is 3.52. The van der Waals surface area contributed by atoms with Crippen molar-refractivity contribution in [2.75, 3.05) is 18.4 Å². The zero-order valence-corrected chi connectivity index (χ0v) is 16.3. The number of amides is 1. The van der Waals surface area contributed by atoms with Gasteiger partial charge in [-0.1, -0.05) is 24.3 Å². The zero-order valence-electron chi connectivity index (χ0n) is 14.0. The standard InChI is InChI=1S/C19H22N4O.HI/c20-19(23-17-10-9-14-7-4-8-16(14)13-17)22-12-11-21-18(24)15-5-2-1-3-6-15;/h1-3,5-6,9-10,13H,4,7-8,11-12H2,(H,21,24)(H3,20,22,23);1H. The zero-order chi connectivity index (χ0) is 16.8. The molecule has 0 fully saturated rings. The number of halogens is 1. The summed E-state index contributed by atoms with van der Waals surface area (Å²) >= 11 is 0. The van der Waals surface area contributed by atoms with E-state index in [-0.39, 0.29) is 29.9 Å². The smallest absolute Gasteiger partial charge is 0.251 e. The van der Waals surface area contributed by atoms with Gasteiger partial charge in [-0.3, -0.25) is 9.79 Å². The van der Waals surface area contributed by atoms with Gasteiger partial charge in [-0.15, -0.1) is 24.0 Å². The number of carbonyl (C=O) groups excluding carboxylic acids is 1. The number of aliphatic imine (C=N–C) groups is 1. The Kier molecular flexibility index (Phi) is 7.24. The van der Waals surface area contributed by atoms with E-state index in [4.69, 9.17) is 5.73 Å². The predicted molar refractivity (Wildman–Crippen MR) is 113 cm³/mol. The topological polar surface area (TPSA) is 79.5 Å². The van der Waals surface area contributed by atoms with Crippen molar-refractivity contribution in [3.05, 3.63) is 65.2 Å². The number of carbonyl (C=O) groups is 1. The lowest BCUT2D eigenvalue weighted by Crippen LogP contribution is -2.28. The first-order valence-corrected chi connectivity index (χ1v) is 8.24. The highest BCUT2D eigenvalue weighted by molar-refractivity contribution is 14.0. The Balaban J connectivity index is 0.00000225. The van der Waals surface area contributed by atoms with E-state index in [1.807, 2.05) is 24.3 Å². The molecule has 0 saturated heterocycles. The summed E-state index contributed by atoms with van der Waals surface area (Å²) in [7, 11) is 0. The molecule has 2 aromatic carbocycles. The van der Waals surface area contributed by atoms with Gasteiger partial charge in [-0.05, 0) is 54.7 Å². The molecular formula is C19H23IN4O. The van der Waals surface area contributed by atoms with E-state index in [0.29, 0.717) is 24.6 Å². The van der Waals surface area contributed by atoms with Gasteiger partial charge in [0, 0.05) is 17.8 Å². The van der Waals surface area contributed by atoms with Crippen molar-refractivity contribution < 1.29 is 4.79 Å². The van der Waals surface area contributed by atoms with Crippen LogP contribution in [0.25, 0.3) is 0 Å². The molecule has 4 N–H and O–H groups in total. The van der Waals surface area contributed by atoms with Gasteiger partial charge in [0.25, 0.3) is 5.91 Å². The van der Waals surface area contributed by atoms with Crippen LogP contribution >= 0.6 is 24.0 Å². The Morgan fingerprint density at radius 2 is 1.84 bits per heavy atom. The number of fused-ring (bicyclic) bond motifs is 1. The van der Waals surface area contributed by atoms with Crippen molar-refractivity contribution in [3.63, 3.8) is 0 Å². The fourth-order valence-electron chi connectivity index (χ4n) is 2.87.